The number of piperidine rings is 1. The average Bonchev–Trinajstić information content (AvgIpc) is 3.51. The van der Waals surface area contributed by atoms with Crippen LogP contribution in [0.2, 0.25) is 0 Å². The minimum absolute atomic E-state index is 0.0303. The van der Waals surface area contributed by atoms with Crippen molar-refractivity contribution in [3.63, 3.8) is 0 Å². The molecule has 0 amide bonds. The van der Waals surface area contributed by atoms with E-state index in [1.165, 1.54) is 18.4 Å². The third-order valence-corrected chi connectivity index (χ3v) is 11.5. The first-order valence-electron chi connectivity index (χ1n) is 16.6. The second kappa shape index (κ2) is 10.6. The zero-order valence-electron chi connectivity index (χ0n) is 25.1. The van der Waals surface area contributed by atoms with Gasteiger partial charge in [-0.15, -0.1) is 0 Å². The fourth-order valence-corrected chi connectivity index (χ4v) is 9.90. The van der Waals surface area contributed by atoms with Gasteiger partial charge in [-0.05, 0) is 119 Å². The minimum atomic E-state index is -1.00. The topological polar surface area (TPSA) is 92.7 Å². The molecule has 3 bridgehead atoms. The molecule has 6 heterocycles. The van der Waals surface area contributed by atoms with Gasteiger partial charge in [0.2, 0.25) is 0 Å². The molecular weight excluding hydrogens is 536 g/mol. The molecule has 3 saturated heterocycles. The number of fused-ring (bicyclic) bond motifs is 5. The lowest BCUT2D eigenvalue weighted by atomic mass is 9.54. The number of aromatic hydroxyl groups is 1. The van der Waals surface area contributed by atoms with Gasteiger partial charge in [0.15, 0.2) is 0 Å². The Morgan fingerprint density at radius 2 is 1.88 bits per heavy atom. The van der Waals surface area contributed by atoms with Gasteiger partial charge in [0.1, 0.15) is 11.5 Å². The monoisotopic (exact) mass is 580 g/mol. The van der Waals surface area contributed by atoms with Crippen molar-refractivity contribution in [2.45, 2.75) is 88.3 Å². The number of aliphatic hydroxyl groups is 1. The number of hydrogen-bond acceptors (Lipinski definition) is 6. The number of carbonyl (C=O) groups is 1. The van der Waals surface area contributed by atoms with E-state index >= 15 is 0 Å². The van der Waals surface area contributed by atoms with Crippen LogP contribution in [0.25, 0.3) is 27.4 Å². The molecule has 226 valence electrons. The van der Waals surface area contributed by atoms with Gasteiger partial charge in [-0.2, -0.15) is 0 Å². The lowest BCUT2D eigenvalue weighted by Gasteiger charge is -2.58. The number of Topliss-reactive ketones (excluding diaryl/α,β-unsaturated/α-hetero) is 1. The summed E-state index contributed by atoms with van der Waals surface area (Å²) in [6.07, 6.45) is 18.9. The third kappa shape index (κ3) is 4.49. The van der Waals surface area contributed by atoms with Gasteiger partial charge in [0.25, 0.3) is 0 Å². The highest BCUT2D eigenvalue weighted by Gasteiger charge is 2.66. The molecule has 2 aromatic heterocycles. The van der Waals surface area contributed by atoms with Gasteiger partial charge in [-0.1, -0.05) is 12.2 Å². The first kappa shape index (κ1) is 27.5. The summed E-state index contributed by atoms with van der Waals surface area (Å²) < 4.78 is 0. The molecule has 43 heavy (non-hydrogen) atoms. The predicted octanol–water partition coefficient (Wildman–Crippen LogP) is 5.96. The Balaban J connectivity index is 1.33. The van der Waals surface area contributed by atoms with Crippen molar-refractivity contribution in [2.75, 3.05) is 26.2 Å². The highest BCUT2D eigenvalue weighted by atomic mass is 16.3. The lowest BCUT2D eigenvalue weighted by molar-refractivity contribution is -0.120. The van der Waals surface area contributed by atoms with Crippen LogP contribution in [0.3, 0.4) is 0 Å². The molecule has 0 saturated carbocycles. The lowest BCUT2D eigenvalue weighted by Crippen LogP contribution is -2.65. The van der Waals surface area contributed by atoms with Crippen LogP contribution in [0.5, 0.6) is 5.75 Å². The van der Waals surface area contributed by atoms with E-state index in [2.05, 4.69) is 33.0 Å². The van der Waals surface area contributed by atoms with Crippen molar-refractivity contribution in [1.29, 1.82) is 0 Å². The van der Waals surface area contributed by atoms with E-state index in [-0.39, 0.29) is 23.1 Å². The molecule has 3 aromatic rings. The maximum atomic E-state index is 13.1. The summed E-state index contributed by atoms with van der Waals surface area (Å²) in [6, 6.07) is 7.88. The molecule has 1 aromatic carbocycles. The number of H-pyrrole nitrogens is 1. The highest BCUT2D eigenvalue weighted by molar-refractivity contribution is 6.10. The Hall–Kier alpha value is -3.00. The maximum Gasteiger partial charge on any atom is 0.133 e. The van der Waals surface area contributed by atoms with E-state index < -0.39 is 5.60 Å². The summed E-state index contributed by atoms with van der Waals surface area (Å²) in [5.74, 6) is 0.929. The molecule has 4 aliphatic heterocycles. The molecule has 1 unspecified atom stereocenters. The number of nitrogens with zero attached hydrogens (tertiary/aromatic N) is 3. The smallest absolute Gasteiger partial charge is 0.133 e. The van der Waals surface area contributed by atoms with Crippen molar-refractivity contribution in [1.82, 2.24) is 19.8 Å². The molecule has 3 fully saturated rings. The number of aromatic amines is 1. The van der Waals surface area contributed by atoms with Gasteiger partial charge in [0, 0.05) is 59.4 Å². The van der Waals surface area contributed by atoms with Crippen LogP contribution < -0.4 is 0 Å². The third-order valence-electron chi connectivity index (χ3n) is 11.5. The molecule has 3 N–H and O–H groups in total. The number of benzene rings is 1. The van der Waals surface area contributed by atoms with Crippen LogP contribution in [0, 0.1) is 11.3 Å². The molecule has 5 aliphatic rings. The van der Waals surface area contributed by atoms with Crippen LogP contribution in [-0.2, 0) is 4.79 Å². The van der Waals surface area contributed by atoms with E-state index in [0.29, 0.717) is 31.1 Å². The zero-order valence-corrected chi connectivity index (χ0v) is 25.1. The zero-order chi connectivity index (χ0) is 29.2. The van der Waals surface area contributed by atoms with E-state index in [9.17, 15) is 15.0 Å². The number of phenolic OH excluding ortho intramolecular Hbond substituents is 1. The normalized spacial score (nSPS) is 36.1. The number of phenols is 1. The van der Waals surface area contributed by atoms with Gasteiger partial charge < -0.3 is 20.1 Å². The van der Waals surface area contributed by atoms with Crippen LogP contribution in [0.15, 0.2) is 48.7 Å². The van der Waals surface area contributed by atoms with Gasteiger partial charge in [0.05, 0.1) is 16.8 Å². The van der Waals surface area contributed by atoms with E-state index in [0.717, 1.165) is 92.2 Å². The second-order valence-corrected chi connectivity index (χ2v) is 14.1. The molecule has 1 spiro atoms. The van der Waals surface area contributed by atoms with Crippen molar-refractivity contribution in [3.05, 3.63) is 54.4 Å². The fourth-order valence-electron chi connectivity index (χ4n) is 9.90. The molecule has 0 radical (unpaired) electrons. The predicted molar refractivity (Wildman–Crippen MR) is 170 cm³/mol. The highest BCUT2D eigenvalue weighted by Crippen LogP contribution is 2.62. The first-order chi connectivity index (χ1) is 21.0. The molecule has 7 nitrogen and oxygen atoms in total. The number of allylic oxidation sites excluding steroid dienone is 3. The minimum Gasteiger partial charge on any atom is -0.508 e. The Labute approximate surface area is 253 Å². The molecular formula is C36H44N4O3. The van der Waals surface area contributed by atoms with Gasteiger partial charge >= 0.3 is 0 Å². The fraction of sp³-hybridized carbons (Fsp3) is 0.556. The van der Waals surface area contributed by atoms with Crippen molar-refractivity contribution >= 4 is 33.2 Å². The number of ketones is 1. The number of carbonyl (C=O) groups excluding carboxylic acids is 1. The van der Waals surface area contributed by atoms with Crippen LogP contribution in [-0.4, -0.2) is 79.6 Å². The summed E-state index contributed by atoms with van der Waals surface area (Å²) >= 11 is 0. The summed E-state index contributed by atoms with van der Waals surface area (Å²) in [5.41, 5.74) is 2.98. The van der Waals surface area contributed by atoms with Crippen molar-refractivity contribution in [3.8, 4) is 5.75 Å². The maximum absolute atomic E-state index is 13.1. The summed E-state index contributed by atoms with van der Waals surface area (Å²) in [4.78, 5) is 26.7. The van der Waals surface area contributed by atoms with Crippen molar-refractivity contribution in [2.24, 2.45) is 11.3 Å². The van der Waals surface area contributed by atoms with Crippen LogP contribution in [0.1, 0.15) is 76.3 Å². The van der Waals surface area contributed by atoms with Gasteiger partial charge in [-0.25, -0.2) is 0 Å². The van der Waals surface area contributed by atoms with Crippen LogP contribution >= 0.6 is 0 Å². The second-order valence-electron chi connectivity index (χ2n) is 14.1. The van der Waals surface area contributed by atoms with E-state index in [1.807, 2.05) is 24.4 Å². The van der Waals surface area contributed by atoms with E-state index in [4.69, 9.17) is 4.98 Å². The molecule has 8 rings (SSSR count). The largest absolute Gasteiger partial charge is 0.508 e. The number of aromatic nitrogens is 2. The van der Waals surface area contributed by atoms with E-state index in [1.54, 1.807) is 6.07 Å². The van der Waals surface area contributed by atoms with Crippen LogP contribution in [0.4, 0.5) is 0 Å². The Kier molecular flexibility index (Phi) is 6.77. The Morgan fingerprint density at radius 3 is 2.81 bits per heavy atom. The number of hydrogen-bond donors (Lipinski definition) is 3. The van der Waals surface area contributed by atoms with Crippen molar-refractivity contribution < 1.29 is 15.0 Å². The first-order valence-corrected chi connectivity index (χ1v) is 16.6. The quantitative estimate of drug-likeness (QED) is 0.308. The number of nitrogens with one attached hydrogen (secondary N) is 1. The van der Waals surface area contributed by atoms with Gasteiger partial charge in [-0.3, -0.25) is 14.7 Å². The molecule has 7 heteroatoms. The summed E-state index contributed by atoms with van der Waals surface area (Å²) in [7, 11) is 0. The Morgan fingerprint density at radius 1 is 0.977 bits per heavy atom. The number of rotatable bonds is 1. The standard InChI is InChI=1S/C36H44N4O3/c41-25-8-7-18-40-24(9-10-25)21-35-23-39-17-6-4-2-1-3-5-15-36(43,34(35)40)22-29(30(35)14-19-39)32-33-27(13-16-37-32)28-20-26(42)11-12-31(28)38-33/h1,3,11-13,16,20,22,24,30,34,38,42-43H,2,4-10,14-15,17-19,21,23H2/b3-1-/t24-,30-,34+,35-,36-/m0/s1. The summed E-state index contributed by atoms with van der Waals surface area (Å²) in [6.45, 7) is 4.04. The Bertz CT molecular complexity index is 1630. The molecule has 1 aliphatic carbocycles. The average molecular weight is 581 g/mol. The SMILES string of the molecule is O=C1CCCN2[C@@H](CC1)C[C@]13CN4CCCC/C=C\CC[C@](O)(C=C(c5nccc6c5[nH]c5ccc(O)cc56)[C@@H]1CC4)[C@H]23. The molecule has 6 atom stereocenters. The summed E-state index contributed by atoms with van der Waals surface area (Å²) in [5, 5.41) is 25.4. The number of pyridine rings is 1.